The fourth-order valence-electron chi connectivity index (χ4n) is 5.47. The first-order valence-corrected chi connectivity index (χ1v) is 13.5. The topological polar surface area (TPSA) is 25.8 Å². The van der Waals surface area contributed by atoms with E-state index in [1.807, 2.05) is 11.3 Å². The third kappa shape index (κ3) is 6.54. The Morgan fingerprint density at radius 3 is 1.83 bits per heavy atom. The van der Waals surface area contributed by atoms with Gasteiger partial charge >= 0.3 is 0 Å². The normalized spacial score (nSPS) is 21.9. The minimum Gasteiger partial charge on any atom is -0.250 e. The molecule has 0 aliphatic heterocycles. The van der Waals surface area contributed by atoms with Gasteiger partial charge < -0.3 is 0 Å². The first kappa shape index (κ1) is 21.3. The van der Waals surface area contributed by atoms with Gasteiger partial charge in [-0.25, -0.2) is 4.98 Å². The molecular weight excluding hydrogens is 371 g/mol. The van der Waals surface area contributed by atoms with Gasteiger partial charge in [-0.3, -0.25) is 4.98 Å². The average molecular weight is 410 g/mol. The van der Waals surface area contributed by atoms with E-state index in [-0.39, 0.29) is 0 Å². The third-order valence-electron chi connectivity index (χ3n) is 7.28. The first-order valence-electron chi connectivity index (χ1n) is 12.6. The van der Waals surface area contributed by atoms with Crippen LogP contribution in [0.2, 0.25) is 5.82 Å². The number of nitrogens with zero attached hydrogens (tertiary/aromatic N) is 2. The van der Waals surface area contributed by atoms with E-state index in [0.29, 0.717) is 5.92 Å². The minimum absolute atomic E-state index is 0.664. The van der Waals surface area contributed by atoms with Crippen LogP contribution in [0.3, 0.4) is 0 Å². The number of aromatic nitrogens is 2. The zero-order valence-corrected chi connectivity index (χ0v) is 19.2. The van der Waals surface area contributed by atoms with Gasteiger partial charge in [-0.2, -0.15) is 0 Å². The number of thiazole rings is 1. The van der Waals surface area contributed by atoms with Gasteiger partial charge in [0.1, 0.15) is 4.83 Å². The maximum absolute atomic E-state index is 5.14. The van der Waals surface area contributed by atoms with E-state index < -0.39 is 0 Å². The highest BCUT2D eigenvalue weighted by Gasteiger charge is 2.18. The van der Waals surface area contributed by atoms with E-state index in [4.69, 9.17) is 9.97 Å². The molecule has 29 heavy (non-hydrogen) atoms. The summed E-state index contributed by atoms with van der Waals surface area (Å²) >= 11 is 1.88. The summed E-state index contributed by atoms with van der Waals surface area (Å²) in [5.74, 6) is 1.50. The molecule has 2 fully saturated rings. The Kier molecular flexibility index (Phi) is 8.45. The summed E-state index contributed by atoms with van der Waals surface area (Å²) in [5, 5.41) is 0. The Hall–Kier alpha value is -0.895. The van der Waals surface area contributed by atoms with Crippen molar-refractivity contribution >= 4 is 33.9 Å². The van der Waals surface area contributed by atoms with Crippen molar-refractivity contribution in [2.24, 2.45) is 0 Å². The van der Waals surface area contributed by atoms with Crippen LogP contribution < -0.4 is 4.91 Å². The lowest BCUT2D eigenvalue weighted by Crippen LogP contribution is -2.19. The second-order valence-corrected chi connectivity index (χ2v) is 10.7. The summed E-state index contributed by atoms with van der Waals surface area (Å²) in [6, 6.07) is 4.56. The molecule has 2 aromatic rings. The molecule has 0 spiro atoms. The molecule has 0 amide bonds. The molecule has 0 N–H and O–H groups in total. The minimum atomic E-state index is 0.664. The number of pyridine rings is 1. The van der Waals surface area contributed by atoms with Crippen LogP contribution in [0, 0.1) is 0 Å². The molecule has 2 aromatic heterocycles. The molecule has 2 nitrogen and oxygen atoms in total. The molecule has 2 aliphatic carbocycles. The van der Waals surface area contributed by atoms with Crippen molar-refractivity contribution in [1.29, 1.82) is 0 Å². The number of rotatable bonds is 3. The number of fused-ring (bicyclic) bond motifs is 1. The molecule has 2 heterocycles. The van der Waals surface area contributed by atoms with E-state index in [1.165, 1.54) is 132 Å². The van der Waals surface area contributed by atoms with Crippen molar-refractivity contribution in [3.8, 4) is 0 Å². The second-order valence-electron chi connectivity index (χ2n) is 9.69. The second kappa shape index (κ2) is 11.5. The van der Waals surface area contributed by atoms with E-state index in [0.717, 1.165) is 11.3 Å². The van der Waals surface area contributed by atoms with Crippen molar-refractivity contribution in [2.75, 3.05) is 0 Å². The molecule has 0 aromatic carbocycles. The highest BCUT2D eigenvalue weighted by Crippen LogP contribution is 2.31. The molecule has 2 aliphatic rings. The van der Waals surface area contributed by atoms with Crippen molar-refractivity contribution in [2.45, 2.75) is 121 Å². The van der Waals surface area contributed by atoms with Gasteiger partial charge in [0.05, 0.1) is 10.4 Å². The van der Waals surface area contributed by atoms with E-state index in [2.05, 4.69) is 12.1 Å². The lowest BCUT2D eigenvalue weighted by atomic mass is 9.61. The summed E-state index contributed by atoms with van der Waals surface area (Å²) in [6.45, 7) is 0. The van der Waals surface area contributed by atoms with Gasteiger partial charge in [-0.1, -0.05) is 102 Å². The first-order chi connectivity index (χ1) is 14.4. The predicted molar refractivity (Wildman–Crippen MR) is 129 cm³/mol. The van der Waals surface area contributed by atoms with Gasteiger partial charge in [0.15, 0.2) is 7.28 Å². The molecular formula is C25H39BN2S. The molecule has 4 heteroatoms. The fraction of sp³-hybridized carbons (Fsp3) is 0.760. The van der Waals surface area contributed by atoms with Crippen molar-refractivity contribution in [1.82, 2.24) is 9.97 Å². The molecule has 0 radical (unpaired) electrons. The zero-order valence-electron chi connectivity index (χ0n) is 18.3. The van der Waals surface area contributed by atoms with Gasteiger partial charge in [0, 0.05) is 11.6 Å². The van der Waals surface area contributed by atoms with Crippen LogP contribution in [0.4, 0.5) is 0 Å². The molecule has 2 saturated carbocycles. The molecule has 0 atom stereocenters. The van der Waals surface area contributed by atoms with Crippen molar-refractivity contribution < 1.29 is 0 Å². The SMILES string of the molecule is B(c1nc2ccc(C3CCCCCCCCC3)nc2s1)C1CCCCCCCC1. The number of hydrogen-bond donors (Lipinski definition) is 0. The Balaban J connectivity index is 1.43. The van der Waals surface area contributed by atoms with E-state index >= 15 is 0 Å². The lowest BCUT2D eigenvalue weighted by molar-refractivity contribution is 0.458. The predicted octanol–water partition coefficient (Wildman–Crippen LogP) is 7.28. The monoisotopic (exact) mass is 410 g/mol. The quantitative estimate of drug-likeness (QED) is 0.497. The van der Waals surface area contributed by atoms with Crippen LogP contribution in [0.1, 0.15) is 121 Å². The summed E-state index contributed by atoms with van der Waals surface area (Å²) in [6.07, 6.45) is 23.9. The lowest BCUT2D eigenvalue weighted by Gasteiger charge is -2.18. The Bertz CT molecular complexity index is 723. The Morgan fingerprint density at radius 2 is 1.21 bits per heavy atom. The molecule has 4 rings (SSSR count). The summed E-state index contributed by atoms with van der Waals surface area (Å²) in [7, 11) is 1.18. The smallest absolute Gasteiger partial charge is 0.199 e. The van der Waals surface area contributed by atoms with Crippen LogP contribution in [0.15, 0.2) is 12.1 Å². The van der Waals surface area contributed by atoms with Crippen molar-refractivity contribution in [3.05, 3.63) is 17.8 Å². The highest BCUT2D eigenvalue weighted by molar-refractivity contribution is 7.26. The van der Waals surface area contributed by atoms with E-state index in [1.54, 1.807) is 0 Å². The van der Waals surface area contributed by atoms with Crippen LogP contribution in [-0.2, 0) is 0 Å². The fourth-order valence-corrected chi connectivity index (χ4v) is 6.52. The largest absolute Gasteiger partial charge is 0.250 e. The standard InChI is InChI=1S/C25H39BN2S/c1-2-6-10-14-20(15-11-7-3-1)22-18-19-23-24(27-22)29-25(28-23)26-21-16-12-8-4-5-9-13-17-21/h18-21,26H,1-17H2. The van der Waals surface area contributed by atoms with Gasteiger partial charge in [-0.05, 0) is 25.0 Å². The summed E-state index contributed by atoms with van der Waals surface area (Å²) < 4.78 is 0. The highest BCUT2D eigenvalue weighted by atomic mass is 32.1. The number of hydrogen-bond acceptors (Lipinski definition) is 3. The molecule has 0 saturated heterocycles. The molecule has 0 unspecified atom stereocenters. The molecule has 0 bridgehead atoms. The van der Waals surface area contributed by atoms with Crippen molar-refractivity contribution in [3.63, 3.8) is 0 Å². The van der Waals surface area contributed by atoms with Gasteiger partial charge in [0.2, 0.25) is 0 Å². The van der Waals surface area contributed by atoms with Crippen LogP contribution in [0.5, 0.6) is 0 Å². The molecule has 158 valence electrons. The Morgan fingerprint density at radius 1 is 0.655 bits per heavy atom. The van der Waals surface area contributed by atoms with Gasteiger partial charge in [-0.15, -0.1) is 11.3 Å². The maximum atomic E-state index is 5.14. The van der Waals surface area contributed by atoms with Crippen LogP contribution in [0.25, 0.3) is 10.3 Å². The van der Waals surface area contributed by atoms with Gasteiger partial charge in [0.25, 0.3) is 0 Å². The Labute approximate surface area is 182 Å². The third-order valence-corrected chi connectivity index (χ3v) is 8.27. The summed E-state index contributed by atoms with van der Waals surface area (Å²) in [5.41, 5.74) is 2.48. The van der Waals surface area contributed by atoms with E-state index in [9.17, 15) is 0 Å². The zero-order chi connectivity index (χ0) is 19.7. The van der Waals surface area contributed by atoms with Crippen LogP contribution >= 0.6 is 11.3 Å². The average Bonchev–Trinajstić information content (AvgIpc) is 3.19. The maximum Gasteiger partial charge on any atom is 0.199 e. The summed E-state index contributed by atoms with van der Waals surface area (Å²) in [4.78, 5) is 12.7. The van der Waals surface area contributed by atoms with Crippen LogP contribution in [-0.4, -0.2) is 17.2 Å².